The standard InChI is InChI=1S/C22H27Cl2N3O2/c23-18-4-1-5-19(21(18)24)27-9-3-8-26(11-12-27)10-7-16-14-17(15-16)25-22(28)20-6-2-13-29-20/h1-2,4-6,13,16-17H,3,7-12,14-15H2,(H,25,28)/t16-,17-. The van der Waals surface area contributed by atoms with Crippen LogP contribution < -0.4 is 10.2 Å². The molecule has 2 heterocycles. The molecule has 1 aliphatic carbocycles. The molecule has 0 unspecified atom stereocenters. The molecule has 2 aliphatic rings. The van der Waals surface area contributed by atoms with Crippen LogP contribution in [0.2, 0.25) is 10.0 Å². The molecule has 1 aromatic carbocycles. The van der Waals surface area contributed by atoms with Crippen LogP contribution in [0.5, 0.6) is 0 Å². The summed E-state index contributed by atoms with van der Waals surface area (Å²) in [7, 11) is 0. The maximum atomic E-state index is 12.0. The summed E-state index contributed by atoms with van der Waals surface area (Å²) >= 11 is 12.6. The second kappa shape index (κ2) is 9.41. The Labute approximate surface area is 181 Å². The van der Waals surface area contributed by atoms with Crippen molar-refractivity contribution in [2.24, 2.45) is 5.92 Å². The molecule has 156 valence electrons. The van der Waals surface area contributed by atoms with Crippen molar-refractivity contribution in [2.45, 2.75) is 31.7 Å². The molecule has 7 heteroatoms. The van der Waals surface area contributed by atoms with E-state index in [-0.39, 0.29) is 11.9 Å². The van der Waals surface area contributed by atoms with Crippen molar-refractivity contribution in [3.8, 4) is 0 Å². The van der Waals surface area contributed by atoms with Gasteiger partial charge in [0.25, 0.3) is 5.91 Å². The van der Waals surface area contributed by atoms with E-state index in [2.05, 4.69) is 21.2 Å². The SMILES string of the molecule is O=C(N[C@H]1C[C@H](CCN2CCCN(c3cccc(Cl)c3Cl)CC2)C1)c1ccco1. The molecule has 1 saturated carbocycles. The van der Waals surface area contributed by atoms with Gasteiger partial charge >= 0.3 is 0 Å². The van der Waals surface area contributed by atoms with E-state index in [1.807, 2.05) is 12.1 Å². The van der Waals surface area contributed by atoms with Gasteiger partial charge in [0.05, 0.1) is 22.0 Å². The minimum Gasteiger partial charge on any atom is -0.459 e. The van der Waals surface area contributed by atoms with E-state index in [0.717, 1.165) is 57.7 Å². The highest BCUT2D eigenvalue weighted by molar-refractivity contribution is 6.43. The minimum atomic E-state index is -0.106. The third-order valence-electron chi connectivity index (χ3n) is 6.03. The van der Waals surface area contributed by atoms with Crippen molar-refractivity contribution in [3.05, 3.63) is 52.4 Å². The highest BCUT2D eigenvalue weighted by Crippen LogP contribution is 2.33. The second-order valence-corrected chi connectivity index (χ2v) is 8.81. The van der Waals surface area contributed by atoms with Crippen molar-refractivity contribution in [1.82, 2.24) is 10.2 Å². The number of hydrogen-bond acceptors (Lipinski definition) is 4. The predicted molar refractivity (Wildman–Crippen MR) is 117 cm³/mol. The molecular weight excluding hydrogens is 409 g/mol. The second-order valence-electron chi connectivity index (χ2n) is 8.03. The molecule has 0 radical (unpaired) electrons. The fourth-order valence-electron chi connectivity index (χ4n) is 4.29. The highest BCUT2D eigenvalue weighted by Gasteiger charge is 2.31. The number of carbonyl (C=O) groups excluding carboxylic acids is 1. The number of benzene rings is 1. The molecule has 0 bridgehead atoms. The number of halogens is 2. The van der Waals surface area contributed by atoms with E-state index in [1.165, 1.54) is 12.7 Å². The zero-order valence-corrected chi connectivity index (χ0v) is 18.0. The molecule has 0 spiro atoms. The van der Waals surface area contributed by atoms with Crippen LogP contribution in [0.3, 0.4) is 0 Å². The molecule has 1 saturated heterocycles. The van der Waals surface area contributed by atoms with E-state index < -0.39 is 0 Å². The van der Waals surface area contributed by atoms with Gasteiger partial charge in [0.1, 0.15) is 0 Å². The lowest BCUT2D eigenvalue weighted by atomic mass is 9.78. The number of hydrogen-bond donors (Lipinski definition) is 1. The lowest BCUT2D eigenvalue weighted by molar-refractivity contribution is 0.0851. The summed E-state index contributed by atoms with van der Waals surface area (Å²) in [5.41, 5.74) is 1.04. The number of nitrogens with one attached hydrogen (secondary N) is 1. The Morgan fingerprint density at radius 2 is 1.97 bits per heavy atom. The Morgan fingerprint density at radius 3 is 2.76 bits per heavy atom. The monoisotopic (exact) mass is 435 g/mol. The van der Waals surface area contributed by atoms with Crippen LogP contribution in [0.1, 0.15) is 36.2 Å². The predicted octanol–water partition coefficient (Wildman–Crippen LogP) is 4.70. The summed E-state index contributed by atoms with van der Waals surface area (Å²) in [5.74, 6) is 0.978. The Bertz CT molecular complexity index is 821. The van der Waals surface area contributed by atoms with Gasteiger partial charge in [-0.25, -0.2) is 0 Å². The normalized spacial score (nSPS) is 22.8. The Kier molecular flexibility index (Phi) is 6.68. The zero-order valence-electron chi connectivity index (χ0n) is 16.4. The number of carbonyl (C=O) groups is 1. The Balaban J connectivity index is 1.18. The van der Waals surface area contributed by atoms with Gasteiger partial charge in [0.15, 0.2) is 5.76 Å². The average molecular weight is 436 g/mol. The molecule has 1 aliphatic heterocycles. The maximum Gasteiger partial charge on any atom is 0.287 e. The van der Waals surface area contributed by atoms with Gasteiger partial charge in [-0.05, 0) is 69.0 Å². The van der Waals surface area contributed by atoms with Crippen LogP contribution in [0.4, 0.5) is 5.69 Å². The quantitative estimate of drug-likeness (QED) is 0.714. The molecule has 1 amide bonds. The zero-order chi connectivity index (χ0) is 20.2. The van der Waals surface area contributed by atoms with Crippen molar-refractivity contribution < 1.29 is 9.21 Å². The van der Waals surface area contributed by atoms with Gasteiger partial charge in [-0.3, -0.25) is 4.79 Å². The van der Waals surface area contributed by atoms with Crippen LogP contribution in [0.25, 0.3) is 0 Å². The van der Waals surface area contributed by atoms with E-state index in [0.29, 0.717) is 21.7 Å². The van der Waals surface area contributed by atoms with E-state index in [1.54, 1.807) is 12.1 Å². The molecule has 1 aromatic heterocycles. The van der Waals surface area contributed by atoms with E-state index >= 15 is 0 Å². The molecule has 29 heavy (non-hydrogen) atoms. The summed E-state index contributed by atoms with van der Waals surface area (Å²) < 4.78 is 5.15. The first kappa shape index (κ1) is 20.6. The summed E-state index contributed by atoms with van der Waals surface area (Å²) in [6.45, 7) is 5.22. The summed E-state index contributed by atoms with van der Waals surface area (Å²) in [4.78, 5) is 16.9. The first-order valence-electron chi connectivity index (χ1n) is 10.4. The first-order chi connectivity index (χ1) is 14.1. The fraction of sp³-hybridized carbons (Fsp3) is 0.500. The molecular formula is C22H27Cl2N3O2. The van der Waals surface area contributed by atoms with Gasteiger partial charge in [-0.15, -0.1) is 0 Å². The molecule has 0 atom stereocenters. The number of anilines is 1. The summed E-state index contributed by atoms with van der Waals surface area (Å²) in [6, 6.07) is 9.56. The Hall–Kier alpha value is -1.69. The maximum absolute atomic E-state index is 12.0. The van der Waals surface area contributed by atoms with Gasteiger partial charge in [0, 0.05) is 25.7 Å². The first-order valence-corrected chi connectivity index (χ1v) is 11.1. The topological polar surface area (TPSA) is 48.7 Å². The average Bonchev–Trinajstić information content (AvgIpc) is 3.13. The molecule has 5 nitrogen and oxygen atoms in total. The van der Waals surface area contributed by atoms with Crippen molar-refractivity contribution in [1.29, 1.82) is 0 Å². The largest absolute Gasteiger partial charge is 0.459 e. The lowest BCUT2D eigenvalue weighted by Gasteiger charge is -2.36. The molecule has 2 fully saturated rings. The van der Waals surface area contributed by atoms with E-state index in [9.17, 15) is 4.79 Å². The smallest absolute Gasteiger partial charge is 0.287 e. The van der Waals surface area contributed by atoms with Crippen LogP contribution in [-0.4, -0.2) is 49.6 Å². The van der Waals surface area contributed by atoms with Crippen molar-refractivity contribution in [2.75, 3.05) is 37.6 Å². The summed E-state index contributed by atoms with van der Waals surface area (Å²) in [5, 5.41) is 4.32. The summed E-state index contributed by atoms with van der Waals surface area (Å²) in [6.07, 6.45) is 5.95. The minimum absolute atomic E-state index is 0.106. The Morgan fingerprint density at radius 1 is 1.10 bits per heavy atom. The van der Waals surface area contributed by atoms with Crippen molar-refractivity contribution >= 4 is 34.8 Å². The molecule has 1 N–H and O–H groups in total. The van der Waals surface area contributed by atoms with E-state index in [4.69, 9.17) is 27.6 Å². The molecule has 4 rings (SSSR count). The van der Waals surface area contributed by atoms with Crippen LogP contribution >= 0.6 is 23.2 Å². The molecule has 2 aromatic rings. The number of nitrogens with zero attached hydrogens (tertiary/aromatic N) is 2. The number of rotatable bonds is 6. The third kappa shape index (κ3) is 5.08. The van der Waals surface area contributed by atoms with Gasteiger partial charge < -0.3 is 19.5 Å². The fourth-order valence-corrected chi connectivity index (χ4v) is 4.71. The lowest BCUT2D eigenvalue weighted by Crippen LogP contribution is -2.45. The highest BCUT2D eigenvalue weighted by atomic mass is 35.5. The number of amides is 1. The number of furan rings is 1. The third-order valence-corrected chi connectivity index (χ3v) is 6.84. The van der Waals surface area contributed by atoms with Crippen LogP contribution in [0.15, 0.2) is 41.0 Å². The van der Waals surface area contributed by atoms with Gasteiger partial charge in [0.2, 0.25) is 0 Å². The van der Waals surface area contributed by atoms with Gasteiger partial charge in [-0.1, -0.05) is 29.3 Å². The van der Waals surface area contributed by atoms with Crippen LogP contribution in [0, 0.1) is 5.92 Å². The van der Waals surface area contributed by atoms with Crippen LogP contribution in [-0.2, 0) is 0 Å². The van der Waals surface area contributed by atoms with Gasteiger partial charge in [-0.2, -0.15) is 0 Å². The van der Waals surface area contributed by atoms with Crippen molar-refractivity contribution in [3.63, 3.8) is 0 Å².